The van der Waals surface area contributed by atoms with E-state index >= 15 is 0 Å². The van der Waals surface area contributed by atoms with Crippen molar-refractivity contribution in [1.82, 2.24) is 0 Å². The van der Waals surface area contributed by atoms with Gasteiger partial charge in [-0.15, -0.1) is 0 Å². The molecule has 0 amide bonds. The molecule has 0 saturated heterocycles. The van der Waals surface area contributed by atoms with E-state index in [1.54, 1.807) is 6.07 Å². The third-order valence-electron chi connectivity index (χ3n) is 4.39. The van der Waals surface area contributed by atoms with Gasteiger partial charge in [-0.1, -0.05) is 84.9 Å². The van der Waals surface area contributed by atoms with Crippen LogP contribution < -0.4 is 0 Å². The molecule has 0 saturated carbocycles. The first-order valence-electron chi connectivity index (χ1n) is 8.15. The first-order valence-corrected chi connectivity index (χ1v) is 8.15. The largest absolute Gasteiger partial charge is 0.507 e. The van der Waals surface area contributed by atoms with E-state index in [4.69, 9.17) is 0 Å². The van der Waals surface area contributed by atoms with E-state index in [1.807, 2.05) is 78.9 Å². The SMILES string of the molecule is O=C(/C=C(\O)c1cccc2ccccc12)c1cccc2ccccc12. The average Bonchev–Trinajstić information content (AvgIpc) is 2.67. The number of hydrogen-bond donors (Lipinski definition) is 1. The molecule has 4 aromatic rings. The molecule has 0 aliphatic heterocycles. The summed E-state index contributed by atoms with van der Waals surface area (Å²) in [6.45, 7) is 0. The van der Waals surface area contributed by atoms with Crippen LogP contribution in [0.25, 0.3) is 27.3 Å². The highest BCUT2D eigenvalue weighted by atomic mass is 16.3. The number of benzene rings is 4. The van der Waals surface area contributed by atoms with Crippen LogP contribution in [0.3, 0.4) is 0 Å². The van der Waals surface area contributed by atoms with E-state index in [0.29, 0.717) is 11.1 Å². The fourth-order valence-electron chi connectivity index (χ4n) is 3.17. The smallest absolute Gasteiger partial charge is 0.190 e. The fourth-order valence-corrected chi connectivity index (χ4v) is 3.17. The summed E-state index contributed by atoms with van der Waals surface area (Å²) in [5, 5.41) is 14.4. The number of aliphatic hydroxyl groups excluding tert-OH is 1. The summed E-state index contributed by atoms with van der Waals surface area (Å²) < 4.78 is 0. The molecule has 0 radical (unpaired) electrons. The zero-order chi connectivity index (χ0) is 17.2. The van der Waals surface area contributed by atoms with Gasteiger partial charge in [-0.25, -0.2) is 0 Å². The quantitative estimate of drug-likeness (QED) is 0.295. The van der Waals surface area contributed by atoms with Gasteiger partial charge < -0.3 is 5.11 Å². The van der Waals surface area contributed by atoms with Gasteiger partial charge in [-0.3, -0.25) is 4.79 Å². The van der Waals surface area contributed by atoms with Crippen molar-refractivity contribution < 1.29 is 9.90 Å². The maximum absolute atomic E-state index is 12.7. The number of allylic oxidation sites excluding steroid dienone is 1. The van der Waals surface area contributed by atoms with Crippen LogP contribution in [-0.4, -0.2) is 10.9 Å². The van der Waals surface area contributed by atoms with Crippen molar-refractivity contribution >= 4 is 33.1 Å². The zero-order valence-electron chi connectivity index (χ0n) is 13.5. The molecular formula is C23H16O2. The fraction of sp³-hybridized carbons (Fsp3) is 0. The van der Waals surface area contributed by atoms with Gasteiger partial charge in [0, 0.05) is 17.2 Å². The first-order chi connectivity index (χ1) is 12.2. The summed E-state index contributed by atoms with van der Waals surface area (Å²) in [6.07, 6.45) is 1.31. The van der Waals surface area contributed by atoms with Gasteiger partial charge in [0.1, 0.15) is 5.76 Å². The highest BCUT2D eigenvalue weighted by molar-refractivity contribution is 6.15. The van der Waals surface area contributed by atoms with Crippen LogP contribution in [0.4, 0.5) is 0 Å². The van der Waals surface area contributed by atoms with E-state index in [1.165, 1.54) is 6.08 Å². The maximum Gasteiger partial charge on any atom is 0.190 e. The molecule has 0 atom stereocenters. The van der Waals surface area contributed by atoms with E-state index < -0.39 is 0 Å². The average molecular weight is 324 g/mol. The van der Waals surface area contributed by atoms with E-state index in [9.17, 15) is 9.90 Å². The molecule has 4 aromatic carbocycles. The number of ketones is 1. The van der Waals surface area contributed by atoms with E-state index in [-0.39, 0.29) is 11.5 Å². The zero-order valence-corrected chi connectivity index (χ0v) is 13.5. The Kier molecular flexibility index (Phi) is 3.79. The van der Waals surface area contributed by atoms with Crippen molar-refractivity contribution in [3.63, 3.8) is 0 Å². The summed E-state index contributed by atoms with van der Waals surface area (Å²) in [5.74, 6) is -0.225. The van der Waals surface area contributed by atoms with Crippen LogP contribution in [0.15, 0.2) is 91.0 Å². The van der Waals surface area contributed by atoms with Gasteiger partial charge in [-0.2, -0.15) is 0 Å². The Labute approximate surface area is 145 Å². The Balaban J connectivity index is 1.80. The van der Waals surface area contributed by atoms with Crippen molar-refractivity contribution in [3.8, 4) is 0 Å². The predicted octanol–water partition coefficient (Wildman–Crippen LogP) is 5.77. The Morgan fingerprint density at radius 2 is 1.12 bits per heavy atom. The normalized spacial score (nSPS) is 11.8. The lowest BCUT2D eigenvalue weighted by Crippen LogP contribution is -1.98. The molecule has 0 unspecified atom stereocenters. The number of carbonyl (C=O) groups excluding carboxylic acids is 1. The summed E-state index contributed by atoms with van der Waals surface area (Å²) in [5.41, 5.74) is 1.25. The third kappa shape index (κ3) is 2.79. The molecule has 2 heteroatoms. The van der Waals surface area contributed by atoms with E-state index in [0.717, 1.165) is 21.5 Å². The minimum absolute atomic E-state index is 0.0188. The monoisotopic (exact) mass is 324 g/mol. The van der Waals surface area contributed by atoms with Crippen molar-refractivity contribution in [2.24, 2.45) is 0 Å². The maximum atomic E-state index is 12.7. The second-order valence-corrected chi connectivity index (χ2v) is 5.95. The highest BCUT2D eigenvalue weighted by Crippen LogP contribution is 2.25. The Morgan fingerprint density at radius 3 is 1.76 bits per heavy atom. The molecule has 120 valence electrons. The molecular weight excluding hydrogens is 308 g/mol. The minimum Gasteiger partial charge on any atom is -0.507 e. The number of hydrogen-bond acceptors (Lipinski definition) is 2. The topological polar surface area (TPSA) is 37.3 Å². The molecule has 0 fully saturated rings. The molecule has 1 N–H and O–H groups in total. The van der Waals surface area contributed by atoms with Crippen LogP contribution in [-0.2, 0) is 0 Å². The molecule has 25 heavy (non-hydrogen) atoms. The molecule has 0 aliphatic rings. The summed E-state index contributed by atoms with van der Waals surface area (Å²) in [4.78, 5) is 12.7. The van der Waals surface area contributed by atoms with Crippen molar-refractivity contribution in [1.29, 1.82) is 0 Å². The summed E-state index contributed by atoms with van der Waals surface area (Å²) in [7, 11) is 0. The van der Waals surface area contributed by atoms with Gasteiger partial charge in [0.2, 0.25) is 0 Å². The number of rotatable bonds is 3. The standard InChI is InChI=1S/C23H16O2/c24-22(20-13-5-9-16-7-1-3-11-18(16)20)15-23(25)21-14-6-10-17-8-2-4-12-19(17)21/h1-15,24H/b22-15-. The summed E-state index contributed by atoms with van der Waals surface area (Å²) >= 11 is 0. The third-order valence-corrected chi connectivity index (χ3v) is 4.39. The Hall–Kier alpha value is -3.39. The second-order valence-electron chi connectivity index (χ2n) is 5.95. The minimum atomic E-state index is -0.206. The molecule has 4 rings (SSSR count). The van der Waals surface area contributed by atoms with Gasteiger partial charge >= 0.3 is 0 Å². The number of aliphatic hydroxyl groups is 1. The Bertz CT molecular complexity index is 1110. The van der Waals surface area contributed by atoms with Crippen molar-refractivity contribution in [3.05, 3.63) is 102 Å². The lowest BCUT2D eigenvalue weighted by Gasteiger charge is -2.07. The first kappa shape index (κ1) is 15.2. The van der Waals surface area contributed by atoms with Gasteiger partial charge in [0.25, 0.3) is 0 Å². The van der Waals surface area contributed by atoms with Gasteiger partial charge in [0.05, 0.1) is 0 Å². The van der Waals surface area contributed by atoms with Crippen molar-refractivity contribution in [2.45, 2.75) is 0 Å². The van der Waals surface area contributed by atoms with Crippen molar-refractivity contribution in [2.75, 3.05) is 0 Å². The van der Waals surface area contributed by atoms with Gasteiger partial charge in [-0.05, 0) is 21.5 Å². The molecule has 0 bridgehead atoms. The molecule has 0 heterocycles. The molecule has 0 aromatic heterocycles. The number of carbonyl (C=O) groups is 1. The van der Waals surface area contributed by atoms with E-state index in [2.05, 4.69) is 0 Å². The highest BCUT2D eigenvalue weighted by Gasteiger charge is 2.11. The number of fused-ring (bicyclic) bond motifs is 2. The molecule has 0 spiro atoms. The second kappa shape index (κ2) is 6.25. The molecule has 0 aliphatic carbocycles. The van der Waals surface area contributed by atoms with Crippen LogP contribution in [0.2, 0.25) is 0 Å². The predicted molar refractivity (Wildman–Crippen MR) is 103 cm³/mol. The van der Waals surface area contributed by atoms with Crippen LogP contribution in [0.1, 0.15) is 15.9 Å². The van der Waals surface area contributed by atoms with Crippen LogP contribution >= 0.6 is 0 Å². The Morgan fingerprint density at radius 1 is 0.640 bits per heavy atom. The molecule has 2 nitrogen and oxygen atoms in total. The van der Waals surface area contributed by atoms with Crippen LogP contribution in [0.5, 0.6) is 0 Å². The van der Waals surface area contributed by atoms with Gasteiger partial charge in [0.15, 0.2) is 5.78 Å². The lowest BCUT2D eigenvalue weighted by molar-refractivity contribution is 0.104. The summed E-state index contributed by atoms with van der Waals surface area (Å²) in [6, 6.07) is 26.9. The lowest BCUT2D eigenvalue weighted by atomic mass is 9.99. The van der Waals surface area contributed by atoms with Crippen LogP contribution in [0, 0.1) is 0 Å².